The molecule has 4 nitrogen and oxygen atoms in total. The SMILES string of the molecule is COc1cccc(F)c1-c1cc(CNC(C)(C)C)no1. The first-order valence-corrected chi connectivity index (χ1v) is 6.44. The molecule has 0 fully saturated rings. The molecule has 1 aromatic heterocycles. The molecule has 108 valence electrons. The molecule has 0 saturated carbocycles. The van der Waals surface area contributed by atoms with E-state index in [0.29, 0.717) is 23.6 Å². The summed E-state index contributed by atoms with van der Waals surface area (Å²) in [6.45, 7) is 6.75. The number of hydrogen-bond donors (Lipinski definition) is 1. The third kappa shape index (κ3) is 3.36. The maximum absolute atomic E-state index is 13.9. The smallest absolute Gasteiger partial charge is 0.173 e. The summed E-state index contributed by atoms with van der Waals surface area (Å²) >= 11 is 0. The van der Waals surface area contributed by atoms with Crippen LogP contribution in [0.5, 0.6) is 5.75 Å². The fourth-order valence-electron chi connectivity index (χ4n) is 1.78. The van der Waals surface area contributed by atoms with Crippen molar-refractivity contribution in [1.29, 1.82) is 0 Å². The quantitative estimate of drug-likeness (QED) is 0.931. The molecule has 1 aromatic carbocycles. The molecule has 0 bridgehead atoms. The maximum Gasteiger partial charge on any atom is 0.173 e. The van der Waals surface area contributed by atoms with Gasteiger partial charge in [-0.25, -0.2) is 4.39 Å². The van der Waals surface area contributed by atoms with Crippen molar-refractivity contribution >= 4 is 0 Å². The summed E-state index contributed by atoms with van der Waals surface area (Å²) in [5.74, 6) is 0.401. The zero-order valence-corrected chi connectivity index (χ0v) is 12.2. The van der Waals surface area contributed by atoms with E-state index in [-0.39, 0.29) is 5.54 Å². The fraction of sp³-hybridized carbons (Fsp3) is 0.400. The molecule has 0 amide bonds. The van der Waals surface area contributed by atoms with Crippen LogP contribution in [0.1, 0.15) is 26.5 Å². The zero-order valence-electron chi connectivity index (χ0n) is 12.2. The molecule has 0 saturated heterocycles. The summed E-state index contributed by atoms with van der Waals surface area (Å²) < 4.78 is 24.3. The minimum absolute atomic E-state index is 0.0190. The molecule has 0 radical (unpaired) electrons. The first-order valence-electron chi connectivity index (χ1n) is 6.44. The lowest BCUT2D eigenvalue weighted by Crippen LogP contribution is -2.35. The van der Waals surface area contributed by atoms with Crippen LogP contribution in [0.15, 0.2) is 28.8 Å². The number of nitrogens with one attached hydrogen (secondary N) is 1. The molecule has 1 heterocycles. The van der Waals surface area contributed by atoms with E-state index in [4.69, 9.17) is 9.26 Å². The molecule has 20 heavy (non-hydrogen) atoms. The second-order valence-electron chi connectivity index (χ2n) is 5.60. The topological polar surface area (TPSA) is 47.3 Å². The van der Waals surface area contributed by atoms with E-state index in [1.807, 2.05) is 0 Å². The van der Waals surface area contributed by atoms with Gasteiger partial charge in [0.05, 0.1) is 18.4 Å². The van der Waals surface area contributed by atoms with Crippen LogP contribution < -0.4 is 10.1 Å². The molecule has 0 aliphatic heterocycles. The Bertz CT molecular complexity index is 588. The summed E-state index contributed by atoms with van der Waals surface area (Å²) in [4.78, 5) is 0. The molecule has 5 heteroatoms. The molecule has 0 aliphatic rings. The van der Waals surface area contributed by atoms with Crippen molar-refractivity contribution < 1.29 is 13.7 Å². The second-order valence-corrected chi connectivity index (χ2v) is 5.60. The number of ether oxygens (including phenoxy) is 1. The van der Waals surface area contributed by atoms with Crippen LogP contribution in [0.4, 0.5) is 4.39 Å². The highest BCUT2D eigenvalue weighted by molar-refractivity contribution is 5.66. The number of aromatic nitrogens is 1. The lowest BCUT2D eigenvalue weighted by molar-refractivity contribution is 0.386. The van der Waals surface area contributed by atoms with Crippen LogP contribution >= 0.6 is 0 Å². The van der Waals surface area contributed by atoms with Crippen molar-refractivity contribution in [2.24, 2.45) is 0 Å². The van der Waals surface area contributed by atoms with E-state index in [9.17, 15) is 4.39 Å². The van der Waals surface area contributed by atoms with Crippen LogP contribution in [0.2, 0.25) is 0 Å². The number of nitrogens with zero attached hydrogens (tertiary/aromatic N) is 1. The van der Waals surface area contributed by atoms with E-state index in [1.165, 1.54) is 13.2 Å². The molecular formula is C15H19FN2O2. The van der Waals surface area contributed by atoms with Crippen LogP contribution in [0, 0.1) is 5.82 Å². The Morgan fingerprint density at radius 3 is 2.75 bits per heavy atom. The molecule has 0 spiro atoms. The van der Waals surface area contributed by atoms with Gasteiger partial charge in [-0.15, -0.1) is 0 Å². The van der Waals surface area contributed by atoms with E-state index in [2.05, 4.69) is 31.2 Å². The molecule has 1 N–H and O–H groups in total. The minimum Gasteiger partial charge on any atom is -0.496 e. The van der Waals surface area contributed by atoms with Crippen LogP contribution in [-0.4, -0.2) is 17.8 Å². The normalized spacial score (nSPS) is 11.7. The average molecular weight is 278 g/mol. The van der Waals surface area contributed by atoms with Gasteiger partial charge in [0.25, 0.3) is 0 Å². The fourth-order valence-corrected chi connectivity index (χ4v) is 1.78. The molecule has 2 aromatic rings. The number of benzene rings is 1. The lowest BCUT2D eigenvalue weighted by Gasteiger charge is -2.19. The Labute approximate surface area is 117 Å². The van der Waals surface area contributed by atoms with Crippen molar-refractivity contribution in [1.82, 2.24) is 10.5 Å². The summed E-state index contributed by atoms with van der Waals surface area (Å²) in [7, 11) is 1.50. The highest BCUT2D eigenvalue weighted by Crippen LogP contribution is 2.32. The number of rotatable bonds is 4. The van der Waals surface area contributed by atoms with E-state index >= 15 is 0 Å². The Kier molecular flexibility index (Phi) is 4.09. The van der Waals surface area contributed by atoms with E-state index < -0.39 is 5.82 Å². The summed E-state index contributed by atoms with van der Waals surface area (Å²) in [6.07, 6.45) is 0. The third-order valence-electron chi connectivity index (χ3n) is 2.80. The molecule has 0 atom stereocenters. The first-order chi connectivity index (χ1) is 9.40. The van der Waals surface area contributed by atoms with Crippen molar-refractivity contribution in [2.75, 3.05) is 7.11 Å². The predicted octanol–water partition coefficient (Wildman–Crippen LogP) is 3.38. The number of halogens is 1. The highest BCUT2D eigenvalue weighted by Gasteiger charge is 2.17. The average Bonchev–Trinajstić information content (AvgIpc) is 2.83. The van der Waals surface area contributed by atoms with Gasteiger partial charge < -0.3 is 14.6 Å². The van der Waals surface area contributed by atoms with E-state index in [0.717, 1.165) is 5.69 Å². The molecule has 0 aliphatic carbocycles. The van der Waals surface area contributed by atoms with Gasteiger partial charge in [0.2, 0.25) is 0 Å². The Morgan fingerprint density at radius 2 is 2.10 bits per heavy atom. The van der Waals surface area contributed by atoms with Gasteiger partial charge in [-0.05, 0) is 32.9 Å². The lowest BCUT2D eigenvalue weighted by atomic mass is 10.1. The van der Waals surface area contributed by atoms with Crippen molar-refractivity contribution in [3.05, 3.63) is 35.8 Å². The standard InChI is InChI=1S/C15H19FN2O2/c1-15(2,3)17-9-10-8-13(20-18-10)14-11(16)6-5-7-12(14)19-4/h5-8,17H,9H2,1-4H3. The largest absolute Gasteiger partial charge is 0.496 e. The highest BCUT2D eigenvalue weighted by atomic mass is 19.1. The van der Waals surface area contributed by atoms with E-state index in [1.54, 1.807) is 18.2 Å². The predicted molar refractivity (Wildman–Crippen MR) is 75.0 cm³/mol. The molecule has 2 rings (SSSR count). The Balaban J connectivity index is 2.25. The third-order valence-corrected chi connectivity index (χ3v) is 2.80. The van der Waals surface area contributed by atoms with Gasteiger partial charge in [0.1, 0.15) is 11.6 Å². The molecular weight excluding hydrogens is 259 g/mol. The van der Waals surface area contributed by atoms with Gasteiger partial charge >= 0.3 is 0 Å². The zero-order chi connectivity index (χ0) is 14.8. The minimum atomic E-state index is -0.393. The maximum atomic E-state index is 13.9. The molecule has 0 unspecified atom stereocenters. The van der Waals surface area contributed by atoms with Crippen molar-refractivity contribution in [3.63, 3.8) is 0 Å². The summed E-state index contributed by atoms with van der Waals surface area (Å²) in [5.41, 5.74) is 0.999. The van der Waals surface area contributed by atoms with Gasteiger partial charge in [0.15, 0.2) is 5.76 Å². The van der Waals surface area contributed by atoms with Crippen LogP contribution in [-0.2, 0) is 6.54 Å². The van der Waals surface area contributed by atoms with Crippen molar-refractivity contribution in [3.8, 4) is 17.1 Å². The Hall–Kier alpha value is -1.88. The summed E-state index contributed by atoms with van der Waals surface area (Å²) in [5, 5.41) is 7.25. The monoisotopic (exact) mass is 278 g/mol. The second kappa shape index (κ2) is 5.63. The van der Waals surface area contributed by atoms with Gasteiger partial charge in [-0.3, -0.25) is 0 Å². The number of hydrogen-bond acceptors (Lipinski definition) is 4. The van der Waals surface area contributed by atoms with Crippen LogP contribution in [0.25, 0.3) is 11.3 Å². The summed E-state index contributed by atoms with van der Waals surface area (Å²) in [6, 6.07) is 6.37. The van der Waals surface area contributed by atoms with Crippen molar-refractivity contribution in [2.45, 2.75) is 32.9 Å². The van der Waals surface area contributed by atoms with Crippen LogP contribution in [0.3, 0.4) is 0 Å². The first kappa shape index (κ1) is 14.5. The number of methoxy groups -OCH3 is 1. The van der Waals surface area contributed by atoms with Gasteiger partial charge in [0, 0.05) is 18.2 Å². The Morgan fingerprint density at radius 1 is 1.35 bits per heavy atom. The van der Waals surface area contributed by atoms with Gasteiger partial charge in [-0.1, -0.05) is 11.2 Å². The van der Waals surface area contributed by atoms with Gasteiger partial charge in [-0.2, -0.15) is 0 Å².